The molecule has 0 fully saturated rings. The van der Waals surface area contributed by atoms with Crippen LogP contribution >= 0.6 is 11.6 Å². The van der Waals surface area contributed by atoms with E-state index in [-0.39, 0.29) is 12.5 Å². The first-order valence-corrected chi connectivity index (χ1v) is 5.38. The molecule has 1 aromatic carbocycles. The molecular formula is C11H11ClN2O2. The molecule has 0 N–H and O–H groups in total. The van der Waals surface area contributed by atoms with Gasteiger partial charge in [-0.2, -0.15) is 0 Å². The zero-order valence-corrected chi connectivity index (χ0v) is 9.57. The molecule has 5 heteroatoms. The molecule has 0 radical (unpaired) electrons. The second-order valence-corrected chi connectivity index (χ2v) is 3.60. The Hall–Kier alpha value is -1.55. The Bertz CT molecular complexity index is 471. The Balaban J connectivity index is 1.96. The number of ether oxygens (including phenoxy) is 1. The lowest BCUT2D eigenvalue weighted by molar-refractivity contribution is 0.260. The number of benzene rings is 1. The third kappa shape index (κ3) is 2.73. The van der Waals surface area contributed by atoms with Gasteiger partial charge in [-0.25, -0.2) is 0 Å². The normalized spacial score (nSPS) is 10.4. The number of alkyl halides is 1. The molecule has 1 aromatic heterocycles. The molecule has 0 aliphatic rings. The quantitative estimate of drug-likeness (QED) is 0.769. The largest absolute Gasteiger partial charge is 0.484 e. The van der Waals surface area contributed by atoms with Gasteiger partial charge in [0.2, 0.25) is 5.89 Å². The SMILES string of the molecule is Cc1cccc(OCc2nnc(CCl)o2)c1. The second-order valence-electron chi connectivity index (χ2n) is 3.33. The van der Waals surface area contributed by atoms with Crippen molar-refractivity contribution in [3.8, 4) is 5.75 Å². The molecule has 1 heterocycles. The third-order valence-corrected chi connectivity index (χ3v) is 2.20. The lowest BCUT2D eigenvalue weighted by atomic mass is 10.2. The van der Waals surface area contributed by atoms with Crippen molar-refractivity contribution in [2.24, 2.45) is 0 Å². The predicted octanol–water partition coefficient (Wildman–Crippen LogP) is 2.70. The molecule has 0 unspecified atom stereocenters. The number of aryl methyl sites for hydroxylation is 1. The van der Waals surface area contributed by atoms with Crippen LogP contribution in [0.5, 0.6) is 5.75 Å². The van der Waals surface area contributed by atoms with E-state index in [2.05, 4.69) is 10.2 Å². The molecule has 0 aliphatic carbocycles. The van der Waals surface area contributed by atoms with Gasteiger partial charge in [-0.1, -0.05) is 12.1 Å². The zero-order valence-electron chi connectivity index (χ0n) is 8.81. The summed E-state index contributed by atoms with van der Waals surface area (Å²) in [4.78, 5) is 0. The third-order valence-electron chi connectivity index (χ3n) is 1.97. The summed E-state index contributed by atoms with van der Waals surface area (Å²) in [7, 11) is 0. The summed E-state index contributed by atoms with van der Waals surface area (Å²) in [5.41, 5.74) is 1.14. The van der Waals surface area contributed by atoms with E-state index in [4.69, 9.17) is 20.8 Å². The van der Waals surface area contributed by atoms with E-state index >= 15 is 0 Å². The van der Waals surface area contributed by atoms with Gasteiger partial charge in [0.25, 0.3) is 5.89 Å². The minimum Gasteiger partial charge on any atom is -0.484 e. The number of halogens is 1. The number of rotatable bonds is 4. The predicted molar refractivity (Wildman–Crippen MR) is 59.4 cm³/mol. The summed E-state index contributed by atoms with van der Waals surface area (Å²) in [6.07, 6.45) is 0. The molecular weight excluding hydrogens is 228 g/mol. The molecule has 0 aliphatic heterocycles. The average Bonchev–Trinajstić information content (AvgIpc) is 2.74. The molecule has 0 saturated heterocycles. The van der Waals surface area contributed by atoms with Crippen LogP contribution in [0.25, 0.3) is 0 Å². The van der Waals surface area contributed by atoms with E-state index in [0.29, 0.717) is 11.8 Å². The average molecular weight is 239 g/mol. The first-order valence-electron chi connectivity index (χ1n) is 4.84. The number of hydrogen-bond acceptors (Lipinski definition) is 4. The molecule has 16 heavy (non-hydrogen) atoms. The number of nitrogens with zero attached hydrogens (tertiary/aromatic N) is 2. The fraction of sp³-hybridized carbons (Fsp3) is 0.273. The molecule has 2 aromatic rings. The van der Waals surface area contributed by atoms with Crippen LogP contribution in [-0.2, 0) is 12.5 Å². The van der Waals surface area contributed by atoms with Gasteiger partial charge in [-0.15, -0.1) is 21.8 Å². The van der Waals surface area contributed by atoms with Gasteiger partial charge in [-0.3, -0.25) is 0 Å². The standard InChI is InChI=1S/C11H11ClN2O2/c1-8-3-2-4-9(5-8)15-7-11-14-13-10(6-12)16-11/h2-5H,6-7H2,1H3. The summed E-state index contributed by atoms with van der Waals surface area (Å²) in [6, 6.07) is 7.76. The fourth-order valence-corrected chi connectivity index (χ4v) is 1.36. The van der Waals surface area contributed by atoms with E-state index in [1.807, 2.05) is 31.2 Å². The van der Waals surface area contributed by atoms with E-state index in [0.717, 1.165) is 11.3 Å². The highest BCUT2D eigenvalue weighted by atomic mass is 35.5. The van der Waals surface area contributed by atoms with Gasteiger partial charge < -0.3 is 9.15 Å². The van der Waals surface area contributed by atoms with Crippen molar-refractivity contribution in [1.29, 1.82) is 0 Å². The van der Waals surface area contributed by atoms with Crippen molar-refractivity contribution >= 4 is 11.6 Å². The van der Waals surface area contributed by atoms with Crippen molar-refractivity contribution < 1.29 is 9.15 Å². The summed E-state index contributed by atoms with van der Waals surface area (Å²) in [5, 5.41) is 7.53. The van der Waals surface area contributed by atoms with E-state index in [9.17, 15) is 0 Å². The molecule has 2 rings (SSSR count). The Kier molecular flexibility index (Phi) is 3.41. The maximum Gasteiger partial charge on any atom is 0.253 e. The number of hydrogen-bond donors (Lipinski definition) is 0. The molecule has 0 spiro atoms. The maximum atomic E-state index is 5.54. The summed E-state index contributed by atoms with van der Waals surface area (Å²) in [6.45, 7) is 2.26. The summed E-state index contributed by atoms with van der Waals surface area (Å²) < 4.78 is 10.7. The van der Waals surface area contributed by atoms with Crippen molar-refractivity contribution in [2.45, 2.75) is 19.4 Å². The highest BCUT2D eigenvalue weighted by Crippen LogP contribution is 2.14. The summed E-state index contributed by atoms with van der Waals surface area (Å²) in [5.74, 6) is 1.84. The van der Waals surface area contributed by atoms with Crippen LogP contribution < -0.4 is 4.74 Å². The maximum absolute atomic E-state index is 5.54. The Morgan fingerprint density at radius 1 is 1.31 bits per heavy atom. The minimum atomic E-state index is 0.220. The van der Waals surface area contributed by atoms with Crippen LogP contribution in [-0.4, -0.2) is 10.2 Å². The van der Waals surface area contributed by atoms with Crippen LogP contribution in [0.2, 0.25) is 0 Å². The molecule has 0 saturated carbocycles. The van der Waals surface area contributed by atoms with Gasteiger partial charge >= 0.3 is 0 Å². The van der Waals surface area contributed by atoms with Gasteiger partial charge in [0.1, 0.15) is 11.6 Å². The van der Waals surface area contributed by atoms with E-state index in [1.54, 1.807) is 0 Å². The van der Waals surface area contributed by atoms with Crippen molar-refractivity contribution in [3.05, 3.63) is 41.6 Å². The van der Waals surface area contributed by atoms with E-state index < -0.39 is 0 Å². The van der Waals surface area contributed by atoms with E-state index in [1.165, 1.54) is 0 Å². The van der Waals surface area contributed by atoms with Gasteiger partial charge in [0, 0.05) is 0 Å². The first-order chi connectivity index (χ1) is 7.78. The first kappa shape index (κ1) is 11.0. The molecule has 0 bridgehead atoms. The molecule has 0 atom stereocenters. The highest BCUT2D eigenvalue weighted by molar-refractivity contribution is 6.16. The molecule has 4 nitrogen and oxygen atoms in total. The topological polar surface area (TPSA) is 48.2 Å². The van der Waals surface area contributed by atoms with Gasteiger partial charge in [0.05, 0.1) is 0 Å². The Morgan fingerprint density at radius 2 is 2.12 bits per heavy atom. The smallest absolute Gasteiger partial charge is 0.253 e. The van der Waals surface area contributed by atoms with Crippen molar-refractivity contribution in [2.75, 3.05) is 0 Å². The lowest BCUT2D eigenvalue weighted by Gasteiger charge is -2.03. The van der Waals surface area contributed by atoms with Crippen LogP contribution in [0.4, 0.5) is 0 Å². The molecule has 84 valence electrons. The van der Waals surface area contributed by atoms with Crippen molar-refractivity contribution in [1.82, 2.24) is 10.2 Å². The van der Waals surface area contributed by atoms with Crippen LogP contribution in [0.1, 0.15) is 17.3 Å². The van der Waals surface area contributed by atoms with Crippen molar-refractivity contribution in [3.63, 3.8) is 0 Å². The highest BCUT2D eigenvalue weighted by Gasteiger charge is 2.05. The fourth-order valence-electron chi connectivity index (χ4n) is 1.25. The summed E-state index contributed by atoms with van der Waals surface area (Å²) >= 11 is 5.54. The number of aromatic nitrogens is 2. The van der Waals surface area contributed by atoms with Gasteiger partial charge in [0.15, 0.2) is 6.61 Å². The zero-order chi connectivity index (χ0) is 11.4. The van der Waals surface area contributed by atoms with Crippen LogP contribution in [0, 0.1) is 6.92 Å². The molecule has 0 amide bonds. The van der Waals surface area contributed by atoms with Crippen LogP contribution in [0.3, 0.4) is 0 Å². The Labute approximate surface area is 98.2 Å². The lowest BCUT2D eigenvalue weighted by Crippen LogP contribution is -1.95. The van der Waals surface area contributed by atoms with Gasteiger partial charge in [-0.05, 0) is 24.6 Å². The second kappa shape index (κ2) is 4.99. The Morgan fingerprint density at radius 3 is 2.81 bits per heavy atom. The monoisotopic (exact) mass is 238 g/mol. The van der Waals surface area contributed by atoms with Crippen LogP contribution in [0.15, 0.2) is 28.7 Å². The minimum absolute atomic E-state index is 0.220.